The molecule has 0 spiro atoms. The number of hydrogen-bond donors (Lipinski definition) is 0. The number of nitrogens with zero attached hydrogens (tertiary/aromatic N) is 4. The summed E-state index contributed by atoms with van der Waals surface area (Å²) < 4.78 is 11.7. The minimum absolute atomic E-state index is 0.980. The van der Waals surface area contributed by atoms with Crippen molar-refractivity contribution in [3.05, 3.63) is 0 Å². The van der Waals surface area contributed by atoms with Crippen LogP contribution in [0.1, 0.15) is 41.5 Å². The molecular formula is C12H30ClN4P. The lowest BCUT2D eigenvalue weighted by atomic mass is 10.7. The summed E-state index contributed by atoms with van der Waals surface area (Å²) in [5, 5.41) is 0. The quantitative estimate of drug-likeness (QED) is 0.598. The molecule has 0 aliphatic heterocycles. The number of halogens is 1. The molecule has 0 saturated carbocycles. The topological polar surface area (TPSA) is 22.1 Å². The standard InChI is InChI=1S/C12H30ClN4P/c1-7-15(8-2)18(14-13,16(9-3)10-4)17(11-5)12-6/h7-12H2,1-6H3. The van der Waals surface area contributed by atoms with E-state index in [1.807, 2.05) is 0 Å². The fourth-order valence-electron chi connectivity index (χ4n) is 2.49. The lowest BCUT2D eigenvalue weighted by Gasteiger charge is -2.47. The largest absolute Gasteiger partial charge is 0.245 e. The monoisotopic (exact) mass is 296 g/mol. The number of rotatable bonds is 9. The molecule has 0 aliphatic carbocycles. The molecular weight excluding hydrogens is 267 g/mol. The van der Waals surface area contributed by atoms with Crippen LogP contribution in [0, 0.1) is 0 Å². The minimum Gasteiger partial charge on any atom is -0.245 e. The molecule has 110 valence electrons. The van der Waals surface area contributed by atoms with Gasteiger partial charge < -0.3 is 0 Å². The van der Waals surface area contributed by atoms with Crippen LogP contribution >= 0.6 is 19.3 Å². The van der Waals surface area contributed by atoms with E-state index in [1.54, 1.807) is 0 Å². The fourth-order valence-corrected chi connectivity index (χ4v) is 6.99. The summed E-state index contributed by atoms with van der Waals surface area (Å²) in [5.41, 5.74) is 0. The molecule has 0 aromatic carbocycles. The molecule has 6 heteroatoms. The molecule has 0 aliphatic rings. The third kappa shape index (κ3) is 3.49. The maximum Gasteiger partial charge on any atom is 0.185 e. The van der Waals surface area contributed by atoms with E-state index < -0.39 is 7.51 Å². The van der Waals surface area contributed by atoms with E-state index in [-0.39, 0.29) is 0 Å². The highest BCUT2D eigenvalue weighted by Gasteiger charge is 2.36. The van der Waals surface area contributed by atoms with Crippen molar-refractivity contribution in [3.8, 4) is 0 Å². The van der Waals surface area contributed by atoms with Gasteiger partial charge in [0.05, 0.1) is 0 Å². The minimum atomic E-state index is -1.92. The summed E-state index contributed by atoms with van der Waals surface area (Å²) >= 11 is 6.13. The summed E-state index contributed by atoms with van der Waals surface area (Å²) in [6.07, 6.45) is 0. The highest BCUT2D eigenvalue weighted by Crippen LogP contribution is 2.59. The van der Waals surface area contributed by atoms with Crippen molar-refractivity contribution >= 4 is 19.3 Å². The lowest BCUT2D eigenvalue weighted by Crippen LogP contribution is -2.41. The van der Waals surface area contributed by atoms with E-state index in [0.717, 1.165) is 39.3 Å². The van der Waals surface area contributed by atoms with Crippen LogP contribution in [-0.2, 0) is 0 Å². The van der Waals surface area contributed by atoms with Crippen molar-refractivity contribution in [1.29, 1.82) is 0 Å². The summed E-state index contributed by atoms with van der Waals surface area (Å²) in [4.78, 5) is 0. The van der Waals surface area contributed by atoms with Gasteiger partial charge in [0.15, 0.2) is 7.51 Å². The van der Waals surface area contributed by atoms with Gasteiger partial charge in [0, 0.05) is 51.0 Å². The van der Waals surface area contributed by atoms with Crippen molar-refractivity contribution < 1.29 is 0 Å². The Hall–Kier alpha value is 0.400. The Morgan fingerprint density at radius 1 is 0.667 bits per heavy atom. The Labute approximate surface area is 119 Å². The first-order valence-corrected chi connectivity index (χ1v) is 9.05. The lowest BCUT2D eigenvalue weighted by molar-refractivity contribution is 0.341. The molecule has 0 heterocycles. The Morgan fingerprint density at radius 3 is 1.00 bits per heavy atom. The number of hydrogen-bond acceptors (Lipinski definition) is 1. The normalized spacial score (nSPS) is 12.8. The van der Waals surface area contributed by atoms with Gasteiger partial charge in [-0.3, -0.25) is 0 Å². The third-order valence-corrected chi connectivity index (χ3v) is 8.22. The maximum absolute atomic E-state index is 6.13. The Kier molecular flexibility index (Phi) is 9.53. The Morgan fingerprint density at radius 2 is 0.889 bits per heavy atom. The smallest absolute Gasteiger partial charge is 0.185 e. The predicted molar refractivity (Wildman–Crippen MR) is 84.0 cm³/mol. The van der Waals surface area contributed by atoms with Gasteiger partial charge in [0.1, 0.15) is 0 Å². The predicted octanol–water partition coefficient (Wildman–Crippen LogP) is 4.11. The van der Waals surface area contributed by atoms with Crippen LogP contribution in [-0.4, -0.2) is 53.3 Å². The molecule has 0 saturated heterocycles. The molecule has 0 N–H and O–H groups in total. The van der Waals surface area contributed by atoms with Crippen LogP contribution in [0.15, 0.2) is 4.26 Å². The van der Waals surface area contributed by atoms with Gasteiger partial charge >= 0.3 is 0 Å². The van der Waals surface area contributed by atoms with E-state index >= 15 is 0 Å². The van der Waals surface area contributed by atoms with Gasteiger partial charge in [0.25, 0.3) is 0 Å². The van der Waals surface area contributed by atoms with Crippen LogP contribution in [0.5, 0.6) is 0 Å². The molecule has 0 rings (SSSR count). The molecule has 0 fully saturated rings. The molecule has 0 aromatic rings. The molecule has 0 radical (unpaired) electrons. The van der Waals surface area contributed by atoms with Crippen molar-refractivity contribution in [2.45, 2.75) is 41.5 Å². The molecule has 0 amide bonds. The van der Waals surface area contributed by atoms with Gasteiger partial charge in [0.2, 0.25) is 0 Å². The van der Waals surface area contributed by atoms with E-state index in [0.29, 0.717) is 0 Å². The molecule has 0 unspecified atom stereocenters. The van der Waals surface area contributed by atoms with Gasteiger partial charge in [-0.15, -0.1) is 0 Å². The zero-order valence-electron chi connectivity index (χ0n) is 12.9. The van der Waals surface area contributed by atoms with Crippen molar-refractivity contribution in [3.63, 3.8) is 0 Å². The molecule has 0 atom stereocenters. The van der Waals surface area contributed by atoms with Crippen LogP contribution in [0.25, 0.3) is 0 Å². The molecule has 4 nitrogen and oxygen atoms in total. The van der Waals surface area contributed by atoms with Crippen molar-refractivity contribution in [2.24, 2.45) is 4.26 Å². The summed E-state index contributed by atoms with van der Waals surface area (Å²) in [6.45, 7) is 19.0. The Bertz CT molecular complexity index is 223. The molecule has 0 aromatic heterocycles. The van der Waals surface area contributed by atoms with Crippen LogP contribution in [0.4, 0.5) is 0 Å². The van der Waals surface area contributed by atoms with Crippen LogP contribution < -0.4 is 0 Å². The second-order valence-electron chi connectivity index (χ2n) is 4.03. The zero-order valence-corrected chi connectivity index (χ0v) is 14.5. The van der Waals surface area contributed by atoms with Crippen molar-refractivity contribution in [1.82, 2.24) is 14.0 Å². The first-order chi connectivity index (χ1) is 8.62. The highest BCUT2D eigenvalue weighted by molar-refractivity contribution is 7.59. The van der Waals surface area contributed by atoms with Crippen molar-refractivity contribution in [2.75, 3.05) is 39.3 Å². The van der Waals surface area contributed by atoms with E-state index in [2.05, 4.69) is 59.8 Å². The summed E-state index contributed by atoms with van der Waals surface area (Å²) in [6, 6.07) is 0. The molecule has 18 heavy (non-hydrogen) atoms. The SMILES string of the molecule is CCN(CC)P(=NCl)(N(CC)CC)N(CC)CC. The molecule has 0 bridgehead atoms. The van der Waals surface area contributed by atoms with Gasteiger partial charge in [-0.05, 0) is 0 Å². The van der Waals surface area contributed by atoms with E-state index in [1.165, 1.54) is 0 Å². The average Bonchev–Trinajstić information content (AvgIpc) is 2.41. The van der Waals surface area contributed by atoms with Gasteiger partial charge in [-0.2, -0.15) is 4.26 Å². The second-order valence-corrected chi connectivity index (χ2v) is 7.40. The highest BCUT2D eigenvalue weighted by atomic mass is 35.5. The third-order valence-electron chi connectivity index (χ3n) is 3.43. The second kappa shape index (κ2) is 9.33. The van der Waals surface area contributed by atoms with Gasteiger partial charge in [-0.25, -0.2) is 14.0 Å². The maximum atomic E-state index is 6.13. The Balaban J connectivity index is 5.74. The first kappa shape index (κ1) is 18.4. The van der Waals surface area contributed by atoms with E-state index in [4.69, 9.17) is 11.8 Å². The summed E-state index contributed by atoms with van der Waals surface area (Å²) in [7, 11) is -1.92. The van der Waals surface area contributed by atoms with Crippen LogP contribution in [0.3, 0.4) is 0 Å². The van der Waals surface area contributed by atoms with E-state index in [9.17, 15) is 0 Å². The summed E-state index contributed by atoms with van der Waals surface area (Å²) in [5.74, 6) is 0. The first-order valence-electron chi connectivity index (χ1n) is 7.11. The van der Waals surface area contributed by atoms with Gasteiger partial charge in [-0.1, -0.05) is 41.5 Å². The fraction of sp³-hybridized carbons (Fsp3) is 1.00. The zero-order chi connectivity index (χ0) is 14.2. The van der Waals surface area contributed by atoms with Crippen LogP contribution in [0.2, 0.25) is 0 Å². The average molecular weight is 297 g/mol.